The largest absolute Gasteiger partial charge is 0.379 e. The van der Waals surface area contributed by atoms with Crippen LogP contribution in [0.4, 0.5) is 8.78 Å². The second-order valence-electron chi connectivity index (χ2n) is 7.42. The van der Waals surface area contributed by atoms with E-state index in [1.54, 1.807) is 6.20 Å². The number of hydrogen-bond donors (Lipinski definition) is 2. The van der Waals surface area contributed by atoms with Crippen LogP contribution in [0, 0.1) is 25.5 Å². The fourth-order valence-corrected chi connectivity index (χ4v) is 3.47. The monoisotopic (exact) mass is 389 g/mol. The van der Waals surface area contributed by atoms with Crippen molar-refractivity contribution >= 4 is 5.91 Å². The fraction of sp³-hybridized carbons (Fsp3) is 0.429. The van der Waals surface area contributed by atoms with Gasteiger partial charge < -0.3 is 15.3 Å². The number of hydrogen-bond acceptors (Lipinski definition) is 4. The highest BCUT2D eigenvalue weighted by Crippen LogP contribution is 2.25. The highest BCUT2D eigenvalue weighted by molar-refractivity contribution is 5.86. The molecular formula is C21H25F2N3O2. The molecule has 7 heteroatoms. The summed E-state index contributed by atoms with van der Waals surface area (Å²) in [7, 11) is 0. The Morgan fingerprint density at radius 1 is 1.32 bits per heavy atom. The first-order valence-corrected chi connectivity index (χ1v) is 9.37. The van der Waals surface area contributed by atoms with E-state index in [0.717, 1.165) is 22.9 Å². The second kappa shape index (κ2) is 8.32. The van der Waals surface area contributed by atoms with Crippen molar-refractivity contribution in [2.24, 2.45) is 0 Å². The van der Waals surface area contributed by atoms with Crippen LogP contribution in [0.2, 0.25) is 0 Å². The van der Waals surface area contributed by atoms with Crippen LogP contribution < -0.4 is 5.32 Å². The lowest BCUT2D eigenvalue weighted by Crippen LogP contribution is -2.57. The van der Waals surface area contributed by atoms with Crippen molar-refractivity contribution in [1.82, 2.24) is 15.2 Å². The maximum Gasteiger partial charge on any atom is 0.256 e. The number of aromatic nitrogens is 1. The summed E-state index contributed by atoms with van der Waals surface area (Å²) in [5.74, 6) is -2.36. The van der Waals surface area contributed by atoms with Crippen molar-refractivity contribution in [3.63, 3.8) is 0 Å². The molecule has 1 atom stereocenters. The zero-order valence-electron chi connectivity index (χ0n) is 16.1. The van der Waals surface area contributed by atoms with E-state index in [9.17, 15) is 18.7 Å². The predicted octanol–water partition coefficient (Wildman–Crippen LogP) is 2.62. The van der Waals surface area contributed by atoms with E-state index < -0.39 is 23.1 Å². The smallest absolute Gasteiger partial charge is 0.256 e. The lowest BCUT2D eigenvalue weighted by Gasteiger charge is -2.38. The van der Waals surface area contributed by atoms with Gasteiger partial charge in [0.1, 0.15) is 0 Å². The minimum Gasteiger partial charge on any atom is -0.379 e. The van der Waals surface area contributed by atoms with Crippen molar-refractivity contribution in [3.8, 4) is 0 Å². The molecule has 150 valence electrons. The molecule has 2 aromatic rings. The molecule has 1 saturated heterocycles. The molecule has 0 bridgehead atoms. The Bertz CT molecular complexity index is 875. The van der Waals surface area contributed by atoms with Crippen molar-refractivity contribution in [2.75, 3.05) is 13.1 Å². The molecule has 1 fully saturated rings. The average molecular weight is 389 g/mol. The summed E-state index contributed by atoms with van der Waals surface area (Å²) in [6.07, 6.45) is 2.68. The highest BCUT2D eigenvalue weighted by atomic mass is 19.2. The van der Waals surface area contributed by atoms with Crippen molar-refractivity contribution in [3.05, 3.63) is 64.5 Å². The van der Waals surface area contributed by atoms with Gasteiger partial charge in [0.25, 0.3) is 5.91 Å². The third-order valence-corrected chi connectivity index (χ3v) is 5.24. The minimum atomic E-state index is -1.56. The van der Waals surface area contributed by atoms with Crippen LogP contribution in [0.5, 0.6) is 0 Å². The molecule has 3 rings (SSSR count). The van der Waals surface area contributed by atoms with Crippen LogP contribution in [0.1, 0.15) is 35.2 Å². The zero-order valence-corrected chi connectivity index (χ0v) is 16.1. The lowest BCUT2D eigenvalue weighted by molar-refractivity contribution is -0.157. The summed E-state index contributed by atoms with van der Waals surface area (Å²) in [4.78, 5) is 18.5. The summed E-state index contributed by atoms with van der Waals surface area (Å²) in [6.45, 7) is 4.81. The van der Waals surface area contributed by atoms with Gasteiger partial charge in [-0.15, -0.1) is 0 Å². The molecule has 0 saturated carbocycles. The standard InChI is InChI=1S/C21H25F2N3O2/c1-14-9-16(11-25-15(14)2)10-24-13-21(28)7-4-8-26(20(21)27)12-17-5-3-6-18(22)19(17)23/h3,5-6,9,11,24,28H,4,7-8,10,12-13H2,1-2H3/t21-/m1/s1. The average Bonchev–Trinajstić information content (AvgIpc) is 2.66. The van der Waals surface area contributed by atoms with Crippen LogP contribution in [-0.4, -0.2) is 39.6 Å². The molecule has 28 heavy (non-hydrogen) atoms. The summed E-state index contributed by atoms with van der Waals surface area (Å²) >= 11 is 0. The number of halogens is 2. The molecule has 5 nitrogen and oxygen atoms in total. The number of nitrogens with one attached hydrogen (secondary N) is 1. The van der Waals surface area contributed by atoms with Crippen molar-refractivity contribution in [2.45, 2.75) is 45.4 Å². The van der Waals surface area contributed by atoms with E-state index >= 15 is 0 Å². The molecule has 0 radical (unpaired) electrons. The fourth-order valence-electron chi connectivity index (χ4n) is 3.47. The SMILES string of the molecule is Cc1cc(CNC[C@]2(O)CCCN(Cc3cccc(F)c3F)C2=O)cnc1C. The number of carbonyl (C=O) groups is 1. The molecule has 1 aliphatic rings. The van der Waals surface area contributed by atoms with Gasteiger partial charge >= 0.3 is 0 Å². The number of amides is 1. The number of pyridine rings is 1. The second-order valence-corrected chi connectivity index (χ2v) is 7.42. The van der Waals surface area contributed by atoms with Crippen molar-refractivity contribution < 1.29 is 18.7 Å². The maximum absolute atomic E-state index is 13.9. The predicted molar refractivity (Wildman–Crippen MR) is 101 cm³/mol. The minimum absolute atomic E-state index is 0.0637. The Labute approximate surface area is 163 Å². The van der Waals surface area contributed by atoms with Gasteiger partial charge in [-0.05, 0) is 43.9 Å². The van der Waals surface area contributed by atoms with Gasteiger partial charge in [-0.3, -0.25) is 9.78 Å². The normalized spacial score (nSPS) is 19.9. The number of benzene rings is 1. The maximum atomic E-state index is 13.9. The third kappa shape index (κ3) is 4.36. The van der Waals surface area contributed by atoms with Gasteiger partial charge in [0, 0.05) is 43.6 Å². The van der Waals surface area contributed by atoms with Gasteiger partial charge in [0.15, 0.2) is 17.2 Å². The number of likely N-dealkylation sites (tertiary alicyclic amines) is 1. The van der Waals surface area contributed by atoms with E-state index in [2.05, 4.69) is 10.3 Å². The van der Waals surface area contributed by atoms with Gasteiger partial charge in [-0.1, -0.05) is 18.2 Å². The van der Waals surface area contributed by atoms with Crippen LogP contribution in [0.3, 0.4) is 0 Å². The summed E-state index contributed by atoms with van der Waals surface area (Å²) in [6, 6.07) is 5.91. The highest BCUT2D eigenvalue weighted by Gasteiger charge is 2.41. The molecule has 0 unspecified atom stereocenters. The Morgan fingerprint density at radius 2 is 2.11 bits per heavy atom. The molecule has 0 aliphatic carbocycles. The molecule has 0 spiro atoms. The summed E-state index contributed by atoms with van der Waals surface area (Å²) < 4.78 is 27.4. The topological polar surface area (TPSA) is 65.5 Å². The van der Waals surface area contributed by atoms with E-state index in [-0.39, 0.29) is 18.7 Å². The van der Waals surface area contributed by atoms with Crippen molar-refractivity contribution in [1.29, 1.82) is 0 Å². The van der Waals surface area contributed by atoms with E-state index in [4.69, 9.17) is 0 Å². The summed E-state index contributed by atoms with van der Waals surface area (Å²) in [5, 5.41) is 14.0. The Kier molecular flexibility index (Phi) is 6.05. The lowest BCUT2D eigenvalue weighted by atomic mass is 9.91. The van der Waals surface area contributed by atoms with Crippen LogP contribution in [-0.2, 0) is 17.9 Å². The first-order chi connectivity index (χ1) is 13.3. The number of rotatable bonds is 6. The zero-order chi connectivity index (χ0) is 20.3. The number of carbonyl (C=O) groups excluding carboxylic acids is 1. The quantitative estimate of drug-likeness (QED) is 0.797. The van der Waals surface area contributed by atoms with Gasteiger partial charge in [-0.25, -0.2) is 8.78 Å². The van der Waals surface area contributed by atoms with Gasteiger partial charge in [0.05, 0.1) is 0 Å². The Hall–Kier alpha value is -2.38. The third-order valence-electron chi connectivity index (χ3n) is 5.24. The number of aryl methyl sites for hydroxylation is 2. The van der Waals surface area contributed by atoms with E-state index in [0.29, 0.717) is 25.9 Å². The summed E-state index contributed by atoms with van der Waals surface area (Å²) in [5.41, 5.74) is 1.55. The number of piperidine rings is 1. The van der Waals surface area contributed by atoms with Crippen LogP contribution in [0.25, 0.3) is 0 Å². The molecule has 1 aliphatic heterocycles. The molecular weight excluding hydrogens is 364 g/mol. The number of nitrogens with zero attached hydrogens (tertiary/aromatic N) is 2. The van der Waals surface area contributed by atoms with Crippen LogP contribution in [0.15, 0.2) is 30.5 Å². The number of aliphatic hydroxyl groups is 1. The first kappa shape index (κ1) is 20.4. The molecule has 2 heterocycles. The first-order valence-electron chi connectivity index (χ1n) is 9.37. The Morgan fingerprint density at radius 3 is 2.86 bits per heavy atom. The van der Waals surface area contributed by atoms with Gasteiger partial charge in [0.2, 0.25) is 0 Å². The molecule has 2 N–H and O–H groups in total. The Balaban J connectivity index is 1.63. The molecule has 1 amide bonds. The van der Waals surface area contributed by atoms with Crippen LogP contribution >= 0.6 is 0 Å². The molecule has 1 aromatic carbocycles. The van der Waals surface area contributed by atoms with E-state index in [1.807, 2.05) is 19.9 Å². The molecule has 1 aromatic heterocycles. The van der Waals surface area contributed by atoms with E-state index in [1.165, 1.54) is 17.0 Å². The van der Waals surface area contributed by atoms with Gasteiger partial charge in [-0.2, -0.15) is 0 Å².